The Morgan fingerprint density at radius 1 is 0.818 bits per heavy atom. The quantitative estimate of drug-likeness (QED) is 0.432. The second-order valence-electron chi connectivity index (χ2n) is 10.1. The first-order valence-corrected chi connectivity index (χ1v) is 13.1. The molecule has 33 heavy (non-hydrogen) atoms. The Morgan fingerprint density at radius 3 is 2.18 bits per heavy atom. The van der Waals surface area contributed by atoms with Crippen LogP contribution in [0.1, 0.15) is 83.1 Å². The molecule has 6 heteroatoms. The number of hydrogen-bond donors (Lipinski definition) is 0. The van der Waals surface area contributed by atoms with E-state index in [0.717, 1.165) is 44.6 Å². The molecule has 3 fully saturated rings. The van der Waals surface area contributed by atoms with Crippen LogP contribution in [0.15, 0.2) is 12.1 Å². The van der Waals surface area contributed by atoms with Gasteiger partial charge >= 0.3 is 0 Å². The Hall–Kier alpha value is -1.24. The Labute approximate surface area is 197 Å². The summed E-state index contributed by atoms with van der Waals surface area (Å²) >= 11 is 0. The van der Waals surface area contributed by atoms with Gasteiger partial charge in [-0.2, -0.15) is 4.39 Å². The summed E-state index contributed by atoms with van der Waals surface area (Å²) in [5, 5.41) is 0. The molecule has 1 aliphatic carbocycles. The highest BCUT2D eigenvalue weighted by molar-refractivity contribution is 5.33. The zero-order valence-corrected chi connectivity index (χ0v) is 20.2. The maximum Gasteiger partial charge on any atom is 0.200 e. The molecule has 2 aliphatic heterocycles. The van der Waals surface area contributed by atoms with Gasteiger partial charge in [0.1, 0.15) is 0 Å². The topological polar surface area (TPSA) is 36.9 Å². The lowest BCUT2D eigenvalue weighted by atomic mass is 9.76. The highest BCUT2D eigenvalue weighted by Crippen LogP contribution is 2.40. The highest BCUT2D eigenvalue weighted by Gasteiger charge is 2.37. The molecule has 0 aromatic heterocycles. The van der Waals surface area contributed by atoms with E-state index in [1.165, 1.54) is 31.7 Å². The maximum absolute atomic E-state index is 14.6. The van der Waals surface area contributed by atoms with Gasteiger partial charge in [-0.05, 0) is 74.8 Å². The number of halogens is 2. The Bertz CT molecular complexity index is 734. The van der Waals surface area contributed by atoms with Crippen molar-refractivity contribution < 1.29 is 27.7 Å². The predicted octanol–water partition coefficient (Wildman–Crippen LogP) is 6.61. The van der Waals surface area contributed by atoms with E-state index in [4.69, 9.17) is 18.9 Å². The van der Waals surface area contributed by atoms with Gasteiger partial charge in [-0.1, -0.05) is 26.3 Å². The van der Waals surface area contributed by atoms with E-state index < -0.39 is 11.6 Å². The van der Waals surface area contributed by atoms with Crippen molar-refractivity contribution in [2.24, 2.45) is 17.8 Å². The molecule has 0 spiro atoms. The third-order valence-corrected chi connectivity index (χ3v) is 7.73. The van der Waals surface area contributed by atoms with E-state index >= 15 is 0 Å². The Morgan fingerprint density at radius 2 is 1.55 bits per heavy atom. The fourth-order valence-corrected chi connectivity index (χ4v) is 5.78. The number of benzene rings is 1. The minimum absolute atomic E-state index is 0.0341. The van der Waals surface area contributed by atoms with Gasteiger partial charge in [0.15, 0.2) is 17.9 Å². The summed E-state index contributed by atoms with van der Waals surface area (Å²) in [4.78, 5) is 0. The van der Waals surface area contributed by atoms with Gasteiger partial charge in [-0.15, -0.1) is 0 Å². The summed E-state index contributed by atoms with van der Waals surface area (Å²) < 4.78 is 52.6. The molecule has 2 heterocycles. The van der Waals surface area contributed by atoms with Gasteiger partial charge in [-0.25, -0.2) is 4.39 Å². The molecule has 186 valence electrons. The first-order valence-electron chi connectivity index (χ1n) is 13.1. The Kier molecular flexibility index (Phi) is 9.00. The zero-order valence-electron chi connectivity index (χ0n) is 20.2. The number of rotatable bonds is 8. The monoisotopic (exact) mass is 466 g/mol. The zero-order chi connectivity index (χ0) is 23.2. The molecule has 4 rings (SSSR count). The normalized spacial score (nSPS) is 33.1. The van der Waals surface area contributed by atoms with Crippen molar-refractivity contribution in [3.63, 3.8) is 0 Å². The molecule has 2 saturated heterocycles. The van der Waals surface area contributed by atoms with Gasteiger partial charge in [0.2, 0.25) is 5.82 Å². The molecule has 2 unspecified atom stereocenters. The van der Waals surface area contributed by atoms with Crippen molar-refractivity contribution in [1.29, 1.82) is 0 Å². The lowest BCUT2D eigenvalue weighted by molar-refractivity contribution is -0.219. The lowest BCUT2D eigenvalue weighted by Crippen LogP contribution is -2.40. The summed E-state index contributed by atoms with van der Waals surface area (Å²) in [5.41, 5.74) is 0.300. The molecule has 1 aromatic carbocycles. The summed E-state index contributed by atoms with van der Waals surface area (Å²) in [7, 11) is 0. The molecule has 1 aromatic rings. The average molecular weight is 467 g/mol. The van der Waals surface area contributed by atoms with Crippen LogP contribution in [0.2, 0.25) is 0 Å². The first kappa shape index (κ1) is 24.9. The fraction of sp³-hybridized carbons (Fsp3) is 0.778. The standard InChI is InChI=1S/C27H40F2O4/c1-3-5-18-6-12-23(31-15-18)19-7-9-20(10-8-19)27-32-16-21(17-33-27)22-11-13-24(30-14-4-2)26(29)25(22)28/h11,13,18-21,23,27H,3-10,12,14-17H2,1-2H3. The van der Waals surface area contributed by atoms with Crippen LogP contribution in [0.4, 0.5) is 8.78 Å². The van der Waals surface area contributed by atoms with Crippen molar-refractivity contribution in [2.45, 2.75) is 89.9 Å². The third kappa shape index (κ3) is 6.07. The van der Waals surface area contributed by atoms with Crippen molar-refractivity contribution in [3.8, 4) is 5.75 Å². The molecule has 3 aliphatic rings. The van der Waals surface area contributed by atoms with E-state index in [1.54, 1.807) is 6.07 Å². The molecule has 4 nitrogen and oxygen atoms in total. The Balaban J connectivity index is 1.23. The summed E-state index contributed by atoms with van der Waals surface area (Å²) in [5.74, 6) is -0.360. The van der Waals surface area contributed by atoms with Gasteiger partial charge < -0.3 is 18.9 Å². The van der Waals surface area contributed by atoms with Crippen LogP contribution in [-0.4, -0.2) is 38.8 Å². The van der Waals surface area contributed by atoms with E-state index in [2.05, 4.69) is 6.92 Å². The molecule has 1 saturated carbocycles. The maximum atomic E-state index is 14.6. The van der Waals surface area contributed by atoms with Crippen molar-refractivity contribution >= 4 is 0 Å². The highest BCUT2D eigenvalue weighted by atomic mass is 19.2. The molecular weight excluding hydrogens is 426 g/mol. The molecule has 0 amide bonds. The number of hydrogen-bond acceptors (Lipinski definition) is 4. The number of ether oxygens (including phenoxy) is 4. The van der Waals surface area contributed by atoms with E-state index in [9.17, 15) is 8.78 Å². The van der Waals surface area contributed by atoms with Crippen LogP contribution in [-0.2, 0) is 14.2 Å². The minimum atomic E-state index is -0.924. The van der Waals surface area contributed by atoms with Crippen molar-refractivity contribution in [2.75, 3.05) is 26.4 Å². The van der Waals surface area contributed by atoms with Crippen LogP contribution < -0.4 is 4.74 Å². The van der Waals surface area contributed by atoms with Gasteiger partial charge in [-0.3, -0.25) is 0 Å². The molecule has 0 radical (unpaired) electrons. The van der Waals surface area contributed by atoms with Crippen LogP contribution in [0, 0.1) is 29.4 Å². The van der Waals surface area contributed by atoms with E-state index in [0.29, 0.717) is 43.3 Å². The smallest absolute Gasteiger partial charge is 0.200 e. The van der Waals surface area contributed by atoms with Gasteiger partial charge in [0.25, 0.3) is 0 Å². The second-order valence-corrected chi connectivity index (χ2v) is 10.1. The first-order chi connectivity index (χ1) is 16.1. The lowest BCUT2D eigenvalue weighted by Gasteiger charge is -2.41. The molecule has 0 bridgehead atoms. The van der Waals surface area contributed by atoms with Crippen molar-refractivity contribution in [1.82, 2.24) is 0 Å². The summed E-state index contributed by atoms with van der Waals surface area (Å²) in [6.07, 6.45) is 10.4. The molecule has 2 atom stereocenters. The summed E-state index contributed by atoms with van der Waals surface area (Å²) in [6.45, 7) is 6.16. The fourth-order valence-electron chi connectivity index (χ4n) is 5.78. The van der Waals surface area contributed by atoms with E-state index in [-0.39, 0.29) is 18.0 Å². The van der Waals surface area contributed by atoms with Gasteiger partial charge in [0.05, 0.1) is 25.9 Å². The summed E-state index contributed by atoms with van der Waals surface area (Å²) in [6, 6.07) is 3.11. The minimum Gasteiger partial charge on any atom is -0.490 e. The van der Waals surface area contributed by atoms with Crippen LogP contribution >= 0.6 is 0 Å². The average Bonchev–Trinajstić information content (AvgIpc) is 2.86. The SMILES string of the molecule is CCCOc1ccc(C2COC(C3CCC(C4CCC(CCC)CO4)CC3)OC2)c(F)c1F. The van der Waals surface area contributed by atoms with Gasteiger partial charge in [0, 0.05) is 18.4 Å². The molecular formula is C27H40F2O4. The largest absolute Gasteiger partial charge is 0.490 e. The van der Waals surface area contributed by atoms with Crippen LogP contribution in [0.5, 0.6) is 5.75 Å². The second kappa shape index (κ2) is 11.9. The van der Waals surface area contributed by atoms with E-state index in [1.807, 2.05) is 6.92 Å². The third-order valence-electron chi connectivity index (χ3n) is 7.73. The molecule has 0 N–H and O–H groups in total. The predicted molar refractivity (Wildman–Crippen MR) is 123 cm³/mol. The van der Waals surface area contributed by atoms with Crippen LogP contribution in [0.3, 0.4) is 0 Å². The van der Waals surface area contributed by atoms with Crippen molar-refractivity contribution in [3.05, 3.63) is 29.3 Å². The van der Waals surface area contributed by atoms with Crippen LogP contribution in [0.25, 0.3) is 0 Å².